The van der Waals surface area contributed by atoms with Crippen LogP contribution in [0.4, 0.5) is 17.6 Å². The Bertz CT molecular complexity index is 1110. The number of hydrogen-bond acceptors (Lipinski definition) is 7. The van der Waals surface area contributed by atoms with Crippen molar-refractivity contribution >= 4 is 5.91 Å². The van der Waals surface area contributed by atoms with Crippen LogP contribution in [0.25, 0.3) is 0 Å². The van der Waals surface area contributed by atoms with Crippen LogP contribution in [-0.4, -0.2) is 84.3 Å². The predicted octanol–water partition coefficient (Wildman–Crippen LogP) is 2.65. The second-order valence-electron chi connectivity index (χ2n) is 10.1. The van der Waals surface area contributed by atoms with Gasteiger partial charge in [-0.3, -0.25) is 9.69 Å². The van der Waals surface area contributed by atoms with E-state index in [2.05, 4.69) is 10.2 Å². The van der Waals surface area contributed by atoms with Gasteiger partial charge in [0.1, 0.15) is 11.9 Å². The van der Waals surface area contributed by atoms with E-state index in [1.54, 1.807) is 6.07 Å². The molecule has 1 saturated carbocycles. The van der Waals surface area contributed by atoms with Gasteiger partial charge in [-0.15, -0.1) is 0 Å². The third-order valence-electron chi connectivity index (χ3n) is 7.28. The van der Waals surface area contributed by atoms with Gasteiger partial charge in [0.05, 0.1) is 44.2 Å². The molecule has 2 aromatic carbocycles. The third kappa shape index (κ3) is 7.77. The van der Waals surface area contributed by atoms with E-state index in [-0.39, 0.29) is 31.6 Å². The largest absolute Gasteiger partial charge is 0.416 e. The van der Waals surface area contributed by atoms with Gasteiger partial charge >= 0.3 is 6.18 Å². The summed E-state index contributed by atoms with van der Waals surface area (Å²) in [5.41, 5.74) is -1.84. The van der Waals surface area contributed by atoms with Gasteiger partial charge in [-0.2, -0.15) is 13.2 Å². The Morgan fingerprint density at radius 3 is 2.42 bits per heavy atom. The minimum atomic E-state index is -4.48. The van der Waals surface area contributed by atoms with Crippen LogP contribution < -0.4 is 5.32 Å². The van der Waals surface area contributed by atoms with Gasteiger partial charge in [0.2, 0.25) is 0 Å². The number of aliphatic hydroxyl groups excluding tert-OH is 2. The van der Waals surface area contributed by atoms with Crippen LogP contribution in [0.1, 0.15) is 29.5 Å². The molecule has 0 spiro atoms. The number of halogens is 4. The molecular weight excluding hydrogens is 536 g/mol. The molecule has 220 valence electrons. The second-order valence-corrected chi connectivity index (χ2v) is 10.1. The van der Waals surface area contributed by atoms with Crippen LogP contribution in [-0.2, 0) is 38.4 Å². The smallest absolute Gasteiger partial charge is 0.390 e. The van der Waals surface area contributed by atoms with E-state index < -0.39 is 47.4 Å². The summed E-state index contributed by atoms with van der Waals surface area (Å²) < 4.78 is 70.2. The molecule has 2 aromatic rings. The molecule has 1 saturated heterocycles. The summed E-state index contributed by atoms with van der Waals surface area (Å²) in [4.78, 5) is 15.7. The zero-order valence-electron chi connectivity index (χ0n) is 21.9. The van der Waals surface area contributed by atoms with Crippen molar-refractivity contribution in [3.05, 3.63) is 71.0 Å². The molecule has 0 radical (unpaired) electrons. The van der Waals surface area contributed by atoms with Gasteiger partial charge in [-0.25, -0.2) is 4.39 Å². The first kappa shape index (κ1) is 30.4. The first-order chi connectivity index (χ1) is 19.1. The Morgan fingerprint density at radius 2 is 1.75 bits per heavy atom. The Hall–Kier alpha value is -2.61. The number of aliphatic hydroxyl groups is 2. The summed E-state index contributed by atoms with van der Waals surface area (Å²) in [5, 5.41) is 24.2. The van der Waals surface area contributed by atoms with E-state index in [4.69, 9.17) is 14.2 Å². The van der Waals surface area contributed by atoms with Gasteiger partial charge < -0.3 is 29.7 Å². The third-order valence-corrected chi connectivity index (χ3v) is 7.28. The van der Waals surface area contributed by atoms with E-state index in [1.807, 2.05) is 0 Å². The number of alkyl halides is 3. The molecule has 0 bridgehead atoms. The summed E-state index contributed by atoms with van der Waals surface area (Å²) in [5.74, 6) is -1.05. The Morgan fingerprint density at radius 1 is 1.05 bits per heavy atom. The lowest BCUT2D eigenvalue weighted by Crippen LogP contribution is -2.61. The van der Waals surface area contributed by atoms with Crippen molar-refractivity contribution in [3.63, 3.8) is 0 Å². The molecule has 1 heterocycles. The fourth-order valence-corrected chi connectivity index (χ4v) is 4.90. The number of amides is 1. The maximum Gasteiger partial charge on any atom is 0.416 e. The molecule has 1 amide bonds. The van der Waals surface area contributed by atoms with Crippen LogP contribution in [0.3, 0.4) is 0 Å². The van der Waals surface area contributed by atoms with Crippen molar-refractivity contribution in [1.82, 2.24) is 10.2 Å². The number of benzene rings is 2. The molecule has 1 aliphatic heterocycles. The molecule has 4 atom stereocenters. The minimum absolute atomic E-state index is 0.163. The highest BCUT2D eigenvalue weighted by Gasteiger charge is 2.51. The SMILES string of the molecule is O=C(NCCN1CCOCC1)[C@@]1(OCc2ccccc2F)CC(OCc2ccc(C(F)(F)F)cc2)[C@H](O)[C@H](O)C1. The van der Waals surface area contributed by atoms with E-state index in [9.17, 15) is 32.6 Å². The molecule has 12 heteroatoms. The highest BCUT2D eigenvalue weighted by atomic mass is 19.4. The predicted molar refractivity (Wildman–Crippen MR) is 135 cm³/mol. The minimum Gasteiger partial charge on any atom is -0.390 e. The fourth-order valence-electron chi connectivity index (χ4n) is 4.90. The highest BCUT2D eigenvalue weighted by Crippen LogP contribution is 2.36. The summed E-state index contributed by atoms with van der Waals surface area (Å²) in [7, 11) is 0. The van der Waals surface area contributed by atoms with Gasteiger partial charge in [0, 0.05) is 44.6 Å². The number of nitrogens with zero attached hydrogens (tertiary/aromatic N) is 1. The molecule has 8 nitrogen and oxygen atoms in total. The summed E-state index contributed by atoms with van der Waals surface area (Å²) in [6.45, 7) is 3.09. The zero-order valence-corrected chi connectivity index (χ0v) is 21.9. The standard InChI is InChI=1S/C28H34F4N2O6/c29-22-4-2-1-3-20(22)18-40-27(26(37)33-9-10-34-11-13-38-14-12-34)15-23(35)25(36)24(16-27)39-17-19-5-7-21(8-6-19)28(30,31)32/h1-8,23-25,35-36H,9-18H2,(H,33,37)/t23-,24?,25-,27+/m1/s1. The van der Waals surface area contributed by atoms with Crippen molar-refractivity contribution in [3.8, 4) is 0 Å². The molecule has 1 aliphatic carbocycles. The summed E-state index contributed by atoms with van der Waals surface area (Å²) in [6.07, 6.45) is -8.77. The number of rotatable bonds is 10. The van der Waals surface area contributed by atoms with Crippen LogP contribution in [0, 0.1) is 5.82 Å². The number of ether oxygens (including phenoxy) is 3. The molecule has 2 fully saturated rings. The zero-order chi connectivity index (χ0) is 28.8. The Kier molecular flexibility index (Phi) is 10.1. The lowest BCUT2D eigenvalue weighted by Gasteiger charge is -2.44. The van der Waals surface area contributed by atoms with Crippen LogP contribution >= 0.6 is 0 Å². The van der Waals surface area contributed by atoms with E-state index in [0.717, 1.165) is 25.2 Å². The number of morpholine rings is 1. The van der Waals surface area contributed by atoms with Gasteiger partial charge in [0.25, 0.3) is 5.91 Å². The van der Waals surface area contributed by atoms with Gasteiger partial charge in [-0.1, -0.05) is 30.3 Å². The van der Waals surface area contributed by atoms with E-state index in [0.29, 0.717) is 31.9 Å². The Balaban J connectivity index is 1.47. The van der Waals surface area contributed by atoms with Crippen molar-refractivity contribution in [2.24, 2.45) is 0 Å². The first-order valence-corrected chi connectivity index (χ1v) is 13.2. The molecule has 3 N–H and O–H groups in total. The quantitative estimate of drug-likeness (QED) is 0.378. The second kappa shape index (κ2) is 13.4. The lowest BCUT2D eigenvalue weighted by molar-refractivity contribution is -0.200. The van der Waals surface area contributed by atoms with Crippen LogP contribution in [0.2, 0.25) is 0 Å². The Labute approximate surface area is 229 Å². The van der Waals surface area contributed by atoms with Gasteiger partial charge in [-0.05, 0) is 23.8 Å². The maximum absolute atomic E-state index is 14.3. The number of hydrogen-bond donors (Lipinski definition) is 3. The molecule has 2 aliphatic rings. The lowest BCUT2D eigenvalue weighted by atomic mass is 9.78. The maximum atomic E-state index is 14.3. The van der Waals surface area contributed by atoms with Crippen molar-refractivity contribution in [2.75, 3.05) is 39.4 Å². The van der Waals surface area contributed by atoms with Crippen molar-refractivity contribution < 1.29 is 46.8 Å². The van der Waals surface area contributed by atoms with Gasteiger partial charge in [0.15, 0.2) is 5.60 Å². The highest BCUT2D eigenvalue weighted by molar-refractivity contribution is 5.85. The normalized spacial score (nSPS) is 26.0. The molecule has 40 heavy (non-hydrogen) atoms. The number of carbonyl (C=O) groups is 1. The molecule has 0 aromatic heterocycles. The fraction of sp³-hybridized carbons (Fsp3) is 0.536. The molecule has 4 rings (SSSR count). The summed E-state index contributed by atoms with van der Waals surface area (Å²) >= 11 is 0. The van der Waals surface area contributed by atoms with Crippen LogP contribution in [0.5, 0.6) is 0 Å². The summed E-state index contributed by atoms with van der Waals surface area (Å²) in [6, 6.07) is 10.3. The van der Waals surface area contributed by atoms with Crippen molar-refractivity contribution in [2.45, 2.75) is 56.1 Å². The van der Waals surface area contributed by atoms with Crippen LogP contribution in [0.15, 0.2) is 48.5 Å². The number of nitrogens with one attached hydrogen (secondary N) is 1. The van der Waals surface area contributed by atoms with Crippen molar-refractivity contribution in [1.29, 1.82) is 0 Å². The topological polar surface area (TPSA) is 100 Å². The van der Waals surface area contributed by atoms with E-state index >= 15 is 0 Å². The molecular formula is C28H34F4N2O6. The first-order valence-electron chi connectivity index (χ1n) is 13.2. The average molecular weight is 571 g/mol. The van der Waals surface area contributed by atoms with E-state index in [1.165, 1.54) is 30.3 Å². The molecule has 1 unspecified atom stereocenters. The number of carbonyl (C=O) groups excluding carboxylic acids is 1. The monoisotopic (exact) mass is 570 g/mol. The average Bonchev–Trinajstić information content (AvgIpc) is 2.94.